The first-order chi connectivity index (χ1) is 13.9. The maximum atomic E-state index is 13.2. The normalized spacial score (nSPS) is 12.0. The van der Waals surface area contributed by atoms with E-state index in [1.54, 1.807) is 16.1 Å². The highest BCUT2D eigenvalue weighted by Gasteiger charge is 2.25. The van der Waals surface area contributed by atoms with E-state index in [-0.39, 0.29) is 30.3 Å². The van der Waals surface area contributed by atoms with Gasteiger partial charge in [0.05, 0.1) is 12.8 Å². The number of carbonyl (C=O) groups excluding carboxylic acids is 2. The van der Waals surface area contributed by atoms with Crippen molar-refractivity contribution in [3.63, 3.8) is 0 Å². The molecule has 1 heterocycles. The van der Waals surface area contributed by atoms with E-state index in [0.29, 0.717) is 19.5 Å². The van der Waals surface area contributed by atoms with Crippen molar-refractivity contribution in [2.24, 2.45) is 5.92 Å². The van der Waals surface area contributed by atoms with Crippen LogP contribution in [0, 0.1) is 5.92 Å². The van der Waals surface area contributed by atoms with E-state index in [9.17, 15) is 9.59 Å². The molecule has 1 aromatic carbocycles. The van der Waals surface area contributed by atoms with E-state index in [0.717, 1.165) is 18.6 Å². The van der Waals surface area contributed by atoms with Crippen LogP contribution in [-0.4, -0.2) is 40.7 Å². The molecular formula is C24H34N2O3. The molecular weight excluding hydrogens is 364 g/mol. The van der Waals surface area contributed by atoms with Crippen molar-refractivity contribution in [2.45, 2.75) is 59.5 Å². The molecule has 0 saturated carbocycles. The summed E-state index contributed by atoms with van der Waals surface area (Å²) in [7, 11) is 0. The summed E-state index contributed by atoms with van der Waals surface area (Å²) in [5.41, 5.74) is 1.18. The molecule has 2 rings (SSSR count). The highest BCUT2D eigenvalue weighted by Crippen LogP contribution is 2.13. The smallest absolute Gasteiger partial charge is 0.242 e. The van der Waals surface area contributed by atoms with Gasteiger partial charge >= 0.3 is 0 Å². The Hall–Kier alpha value is -2.56. The van der Waals surface area contributed by atoms with Gasteiger partial charge in [0.25, 0.3) is 0 Å². The Morgan fingerprint density at radius 1 is 1.00 bits per heavy atom. The number of carbonyl (C=O) groups is 2. The minimum absolute atomic E-state index is 0.0322. The van der Waals surface area contributed by atoms with Gasteiger partial charge in [0.15, 0.2) is 0 Å². The molecule has 2 aromatic rings. The highest BCUT2D eigenvalue weighted by molar-refractivity contribution is 5.85. The van der Waals surface area contributed by atoms with E-state index in [1.165, 1.54) is 5.56 Å². The SMILES string of the molecule is CC[C@H](C)N(CC(=O)N(CCc1ccccc1)Cc1ccco1)C(=O)CC(C)C. The van der Waals surface area contributed by atoms with Gasteiger partial charge in [0, 0.05) is 19.0 Å². The van der Waals surface area contributed by atoms with Crippen molar-refractivity contribution in [1.82, 2.24) is 9.80 Å². The predicted octanol–water partition coefficient (Wildman–Crippen LogP) is 4.52. The summed E-state index contributed by atoms with van der Waals surface area (Å²) in [5.74, 6) is 1.01. The number of hydrogen-bond donors (Lipinski definition) is 0. The van der Waals surface area contributed by atoms with E-state index in [1.807, 2.05) is 58.0 Å². The van der Waals surface area contributed by atoms with Gasteiger partial charge in [-0.3, -0.25) is 9.59 Å². The van der Waals surface area contributed by atoms with Crippen LogP contribution in [0.5, 0.6) is 0 Å². The second-order valence-electron chi connectivity index (χ2n) is 8.01. The third kappa shape index (κ3) is 7.41. The number of nitrogens with zero attached hydrogens (tertiary/aromatic N) is 2. The van der Waals surface area contributed by atoms with E-state index < -0.39 is 0 Å². The van der Waals surface area contributed by atoms with E-state index >= 15 is 0 Å². The van der Waals surface area contributed by atoms with Crippen LogP contribution in [0.3, 0.4) is 0 Å². The average Bonchev–Trinajstić information content (AvgIpc) is 3.21. The van der Waals surface area contributed by atoms with Gasteiger partial charge in [-0.15, -0.1) is 0 Å². The first-order valence-corrected chi connectivity index (χ1v) is 10.5. The van der Waals surface area contributed by atoms with Crippen molar-refractivity contribution >= 4 is 11.8 Å². The van der Waals surface area contributed by atoms with Crippen LogP contribution in [0.25, 0.3) is 0 Å². The Morgan fingerprint density at radius 2 is 1.72 bits per heavy atom. The Kier molecular flexibility index (Phi) is 8.97. The summed E-state index contributed by atoms with van der Waals surface area (Å²) in [6.45, 7) is 9.19. The topological polar surface area (TPSA) is 53.8 Å². The number of hydrogen-bond acceptors (Lipinski definition) is 3. The molecule has 5 heteroatoms. The molecule has 0 bridgehead atoms. The fourth-order valence-corrected chi connectivity index (χ4v) is 3.21. The molecule has 1 aromatic heterocycles. The fourth-order valence-electron chi connectivity index (χ4n) is 3.21. The molecule has 0 unspecified atom stereocenters. The first-order valence-electron chi connectivity index (χ1n) is 10.5. The van der Waals surface area contributed by atoms with Crippen LogP contribution < -0.4 is 0 Å². The zero-order valence-electron chi connectivity index (χ0n) is 18.1. The lowest BCUT2D eigenvalue weighted by atomic mass is 10.1. The quantitative estimate of drug-likeness (QED) is 0.559. The van der Waals surface area contributed by atoms with Crippen LogP contribution in [0.4, 0.5) is 0 Å². The maximum absolute atomic E-state index is 13.2. The summed E-state index contributed by atoms with van der Waals surface area (Å²) in [6.07, 6.45) is 3.66. The Balaban J connectivity index is 2.11. The molecule has 0 saturated heterocycles. The van der Waals surface area contributed by atoms with Crippen molar-refractivity contribution in [3.8, 4) is 0 Å². The fraction of sp³-hybridized carbons (Fsp3) is 0.500. The molecule has 0 radical (unpaired) electrons. The lowest BCUT2D eigenvalue weighted by molar-refractivity contribution is -0.143. The molecule has 0 fully saturated rings. The predicted molar refractivity (Wildman–Crippen MR) is 115 cm³/mol. The monoisotopic (exact) mass is 398 g/mol. The van der Waals surface area contributed by atoms with Crippen LogP contribution in [0.1, 0.15) is 51.9 Å². The summed E-state index contributed by atoms with van der Waals surface area (Å²) >= 11 is 0. The van der Waals surface area contributed by atoms with Gasteiger partial charge in [-0.2, -0.15) is 0 Å². The third-order valence-corrected chi connectivity index (χ3v) is 5.12. The lowest BCUT2D eigenvalue weighted by Crippen LogP contribution is -2.47. The van der Waals surface area contributed by atoms with Crippen molar-refractivity contribution in [2.75, 3.05) is 13.1 Å². The van der Waals surface area contributed by atoms with Gasteiger partial charge in [0.1, 0.15) is 12.3 Å². The summed E-state index contributed by atoms with van der Waals surface area (Å²) in [4.78, 5) is 29.5. The van der Waals surface area contributed by atoms with Gasteiger partial charge in [-0.1, -0.05) is 51.1 Å². The lowest BCUT2D eigenvalue weighted by Gasteiger charge is -2.31. The molecule has 1 atom stereocenters. The number of amides is 2. The van der Waals surface area contributed by atoms with Gasteiger partial charge in [-0.25, -0.2) is 0 Å². The third-order valence-electron chi connectivity index (χ3n) is 5.12. The maximum Gasteiger partial charge on any atom is 0.242 e. The number of rotatable bonds is 11. The van der Waals surface area contributed by atoms with Gasteiger partial charge in [0.2, 0.25) is 11.8 Å². The van der Waals surface area contributed by atoms with Crippen LogP contribution in [0.15, 0.2) is 53.1 Å². The molecule has 0 aliphatic rings. The standard InChI is InChI=1S/C24H34N2O3/c1-5-20(4)26(23(27)16-19(2)3)18-24(28)25(17-22-12-9-15-29-22)14-13-21-10-7-6-8-11-21/h6-12,15,19-20H,5,13-14,16-18H2,1-4H3/t20-/m0/s1. The average molecular weight is 399 g/mol. The van der Waals surface area contributed by atoms with Crippen LogP contribution >= 0.6 is 0 Å². The minimum atomic E-state index is -0.0465. The van der Waals surface area contributed by atoms with Crippen LogP contribution in [-0.2, 0) is 22.6 Å². The molecule has 0 N–H and O–H groups in total. The molecule has 2 amide bonds. The summed E-state index contributed by atoms with van der Waals surface area (Å²) < 4.78 is 5.47. The highest BCUT2D eigenvalue weighted by atomic mass is 16.3. The first kappa shape index (κ1) is 22.7. The summed E-state index contributed by atoms with van der Waals surface area (Å²) in [5, 5.41) is 0. The van der Waals surface area contributed by atoms with Crippen molar-refractivity contribution in [3.05, 3.63) is 60.1 Å². The van der Waals surface area contributed by atoms with Crippen molar-refractivity contribution in [1.29, 1.82) is 0 Å². The second kappa shape index (κ2) is 11.4. The van der Waals surface area contributed by atoms with Gasteiger partial charge in [-0.05, 0) is 43.4 Å². The molecule has 0 aliphatic carbocycles. The van der Waals surface area contributed by atoms with E-state index in [4.69, 9.17) is 4.42 Å². The van der Waals surface area contributed by atoms with Crippen molar-refractivity contribution < 1.29 is 14.0 Å². The zero-order chi connectivity index (χ0) is 21.2. The summed E-state index contributed by atoms with van der Waals surface area (Å²) in [6, 6.07) is 13.9. The Morgan fingerprint density at radius 3 is 2.31 bits per heavy atom. The molecule has 29 heavy (non-hydrogen) atoms. The second-order valence-corrected chi connectivity index (χ2v) is 8.01. The Bertz CT molecular complexity index is 741. The number of benzene rings is 1. The van der Waals surface area contributed by atoms with E-state index in [2.05, 4.69) is 12.1 Å². The molecule has 0 aliphatic heterocycles. The zero-order valence-corrected chi connectivity index (χ0v) is 18.1. The molecule has 5 nitrogen and oxygen atoms in total. The Labute approximate surface area is 174 Å². The molecule has 0 spiro atoms. The van der Waals surface area contributed by atoms with Crippen LogP contribution in [0.2, 0.25) is 0 Å². The largest absolute Gasteiger partial charge is 0.467 e. The minimum Gasteiger partial charge on any atom is -0.467 e. The number of furan rings is 1. The van der Waals surface area contributed by atoms with Gasteiger partial charge < -0.3 is 14.2 Å². The molecule has 158 valence electrons.